The van der Waals surface area contributed by atoms with Gasteiger partial charge in [0.25, 0.3) is 0 Å². The fraction of sp³-hybridized carbons (Fsp3) is 0.0714. The van der Waals surface area contributed by atoms with Crippen LogP contribution in [-0.2, 0) is 6.54 Å². The number of H-pyrrole nitrogens is 1. The molecule has 0 amide bonds. The van der Waals surface area contributed by atoms with Crippen molar-refractivity contribution < 1.29 is 0 Å². The monoisotopic (exact) mass is 223 g/mol. The lowest BCUT2D eigenvalue weighted by Crippen LogP contribution is -1.95. The number of hydrogen-bond acceptors (Lipinski definition) is 2. The summed E-state index contributed by atoms with van der Waals surface area (Å²) < 4.78 is 0. The molecule has 84 valence electrons. The summed E-state index contributed by atoms with van der Waals surface area (Å²) in [4.78, 5) is 7.47. The van der Waals surface area contributed by atoms with Crippen molar-refractivity contribution in [1.82, 2.24) is 9.97 Å². The van der Waals surface area contributed by atoms with E-state index in [1.807, 2.05) is 24.4 Å². The zero-order chi connectivity index (χ0) is 11.7. The molecule has 2 aromatic heterocycles. The number of nitrogens with one attached hydrogen (secondary N) is 1. The van der Waals surface area contributed by atoms with Crippen LogP contribution in [0.3, 0.4) is 0 Å². The van der Waals surface area contributed by atoms with Gasteiger partial charge in [0, 0.05) is 29.9 Å². The van der Waals surface area contributed by atoms with E-state index in [4.69, 9.17) is 5.73 Å². The Morgan fingerprint density at radius 2 is 2.12 bits per heavy atom. The fourth-order valence-corrected chi connectivity index (χ4v) is 2.06. The first-order valence-electron chi connectivity index (χ1n) is 5.60. The average molecular weight is 223 g/mol. The molecule has 0 aliphatic heterocycles. The van der Waals surface area contributed by atoms with Gasteiger partial charge in [-0.05, 0) is 29.3 Å². The molecule has 0 saturated heterocycles. The number of benzene rings is 1. The lowest BCUT2D eigenvalue weighted by atomic mass is 10.0. The second-order valence-corrected chi connectivity index (χ2v) is 4.01. The highest BCUT2D eigenvalue weighted by Crippen LogP contribution is 2.27. The summed E-state index contributed by atoms with van der Waals surface area (Å²) in [6, 6.07) is 12.3. The number of nitrogens with zero attached hydrogens (tertiary/aromatic N) is 1. The highest BCUT2D eigenvalue weighted by Gasteiger charge is 2.06. The SMILES string of the molecule is NCc1cccc(-c2c[nH]c3ncccc23)c1. The van der Waals surface area contributed by atoms with Crippen LogP contribution in [0.25, 0.3) is 22.2 Å². The zero-order valence-corrected chi connectivity index (χ0v) is 9.35. The Hall–Kier alpha value is -2.13. The van der Waals surface area contributed by atoms with E-state index in [1.54, 1.807) is 6.20 Å². The van der Waals surface area contributed by atoms with E-state index >= 15 is 0 Å². The van der Waals surface area contributed by atoms with Gasteiger partial charge in [-0.15, -0.1) is 0 Å². The molecule has 3 rings (SSSR count). The van der Waals surface area contributed by atoms with Crippen molar-refractivity contribution in [2.24, 2.45) is 5.73 Å². The summed E-state index contributed by atoms with van der Waals surface area (Å²) in [7, 11) is 0. The molecule has 0 spiro atoms. The van der Waals surface area contributed by atoms with Gasteiger partial charge in [-0.2, -0.15) is 0 Å². The van der Waals surface area contributed by atoms with E-state index < -0.39 is 0 Å². The molecule has 0 bridgehead atoms. The van der Waals surface area contributed by atoms with Crippen LogP contribution in [0.2, 0.25) is 0 Å². The molecule has 3 nitrogen and oxygen atoms in total. The highest BCUT2D eigenvalue weighted by molar-refractivity contribution is 5.93. The fourth-order valence-electron chi connectivity index (χ4n) is 2.06. The van der Waals surface area contributed by atoms with E-state index in [2.05, 4.69) is 28.2 Å². The minimum atomic E-state index is 0.564. The van der Waals surface area contributed by atoms with Crippen LogP contribution < -0.4 is 5.73 Å². The molecule has 0 aliphatic rings. The third kappa shape index (κ3) is 1.70. The topological polar surface area (TPSA) is 54.7 Å². The number of fused-ring (bicyclic) bond motifs is 1. The van der Waals surface area contributed by atoms with Crippen LogP contribution in [0.1, 0.15) is 5.56 Å². The normalized spacial score (nSPS) is 10.9. The van der Waals surface area contributed by atoms with Crippen LogP contribution in [0.4, 0.5) is 0 Å². The predicted molar refractivity (Wildman–Crippen MR) is 69.4 cm³/mol. The van der Waals surface area contributed by atoms with Gasteiger partial charge in [0.15, 0.2) is 0 Å². The number of pyridine rings is 1. The molecule has 1 aromatic carbocycles. The van der Waals surface area contributed by atoms with Gasteiger partial charge < -0.3 is 10.7 Å². The van der Waals surface area contributed by atoms with Crippen molar-refractivity contribution in [3.05, 3.63) is 54.4 Å². The standard InChI is InChI=1S/C14H13N3/c15-8-10-3-1-4-11(7-10)13-9-17-14-12(13)5-2-6-16-14/h1-7,9H,8,15H2,(H,16,17). The van der Waals surface area contributed by atoms with Crippen molar-refractivity contribution in [2.45, 2.75) is 6.54 Å². The van der Waals surface area contributed by atoms with E-state index in [0.29, 0.717) is 6.54 Å². The largest absolute Gasteiger partial charge is 0.346 e. The predicted octanol–water partition coefficient (Wildman–Crippen LogP) is 2.69. The van der Waals surface area contributed by atoms with Gasteiger partial charge in [-0.1, -0.05) is 18.2 Å². The average Bonchev–Trinajstić information content (AvgIpc) is 2.82. The van der Waals surface area contributed by atoms with Gasteiger partial charge in [0.2, 0.25) is 0 Å². The summed E-state index contributed by atoms with van der Waals surface area (Å²) in [6.45, 7) is 0.564. The number of aromatic nitrogens is 2. The van der Waals surface area contributed by atoms with Crippen LogP contribution in [0.5, 0.6) is 0 Å². The van der Waals surface area contributed by atoms with Crippen molar-refractivity contribution in [3.8, 4) is 11.1 Å². The lowest BCUT2D eigenvalue weighted by molar-refractivity contribution is 1.07. The molecule has 3 heteroatoms. The third-order valence-electron chi connectivity index (χ3n) is 2.92. The molecule has 0 atom stereocenters. The summed E-state index contributed by atoms with van der Waals surface area (Å²) in [6.07, 6.45) is 3.78. The first-order chi connectivity index (χ1) is 8.38. The maximum atomic E-state index is 5.66. The quantitative estimate of drug-likeness (QED) is 0.701. The number of aromatic amines is 1. The van der Waals surface area contributed by atoms with Gasteiger partial charge in [-0.25, -0.2) is 4.98 Å². The Morgan fingerprint density at radius 3 is 3.00 bits per heavy atom. The maximum absolute atomic E-state index is 5.66. The summed E-state index contributed by atoms with van der Waals surface area (Å²) in [5.74, 6) is 0. The lowest BCUT2D eigenvalue weighted by Gasteiger charge is -2.02. The first-order valence-corrected chi connectivity index (χ1v) is 5.60. The molecule has 2 heterocycles. The summed E-state index contributed by atoms with van der Waals surface area (Å²) >= 11 is 0. The van der Waals surface area contributed by atoms with Gasteiger partial charge in [0.1, 0.15) is 5.65 Å². The highest BCUT2D eigenvalue weighted by atomic mass is 14.8. The Bertz CT molecular complexity index is 655. The minimum absolute atomic E-state index is 0.564. The van der Waals surface area contributed by atoms with Crippen molar-refractivity contribution in [2.75, 3.05) is 0 Å². The van der Waals surface area contributed by atoms with Gasteiger partial charge >= 0.3 is 0 Å². The third-order valence-corrected chi connectivity index (χ3v) is 2.92. The molecule has 0 fully saturated rings. The molecule has 3 N–H and O–H groups in total. The van der Waals surface area contributed by atoms with E-state index in [0.717, 1.165) is 16.6 Å². The summed E-state index contributed by atoms with van der Waals surface area (Å²) in [5, 5.41) is 1.14. The molecule has 0 saturated carbocycles. The van der Waals surface area contributed by atoms with E-state index in [1.165, 1.54) is 11.1 Å². The number of rotatable bonds is 2. The van der Waals surface area contributed by atoms with Gasteiger partial charge in [-0.3, -0.25) is 0 Å². The summed E-state index contributed by atoms with van der Waals surface area (Å²) in [5.41, 5.74) is 10.1. The molecule has 0 aliphatic carbocycles. The molecular weight excluding hydrogens is 210 g/mol. The van der Waals surface area contributed by atoms with Crippen molar-refractivity contribution in [1.29, 1.82) is 0 Å². The first kappa shape index (κ1) is 10.1. The Labute approximate surface area is 99.3 Å². The van der Waals surface area contributed by atoms with Crippen LogP contribution >= 0.6 is 0 Å². The number of hydrogen-bond donors (Lipinski definition) is 2. The van der Waals surface area contributed by atoms with Crippen LogP contribution in [0.15, 0.2) is 48.8 Å². The Morgan fingerprint density at radius 1 is 1.18 bits per heavy atom. The van der Waals surface area contributed by atoms with Gasteiger partial charge in [0.05, 0.1) is 0 Å². The molecule has 17 heavy (non-hydrogen) atoms. The van der Waals surface area contributed by atoms with Crippen LogP contribution in [-0.4, -0.2) is 9.97 Å². The minimum Gasteiger partial charge on any atom is -0.346 e. The Kier molecular flexibility index (Phi) is 2.38. The molecule has 3 aromatic rings. The Balaban J connectivity index is 2.20. The molecule has 0 radical (unpaired) electrons. The van der Waals surface area contributed by atoms with E-state index in [-0.39, 0.29) is 0 Å². The number of nitrogens with two attached hydrogens (primary N) is 1. The second kappa shape index (κ2) is 4.03. The smallest absolute Gasteiger partial charge is 0.137 e. The van der Waals surface area contributed by atoms with Crippen molar-refractivity contribution in [3.63, 3.8) is 0 Å². The van der Waals surface area contributed by atoms with Crippen LogP contribution in [0, 0.1) is 0 Å². The molecule has 0 unspecified atom stereocenters. The zero-order valence-electron chi connectivity index (χ0n) is 9.35. The maximum Gasteiger partial charge on any atom is 0.137 e. The molecular formula is C14H13N3. The second-order valence-electron chi connectivity index (χ2n) is 4.01. The van der Waals surface area contributed by atoms with E-state index in [9.17, 15) is 0 Å². The van der Waals surface area contributed by atoms with Crippen molar-refractivity contribution >= 4 is 11.0 Å².